The summed E-state index contributed by atoms with van der Waals surface area (Å²) in [6.07, 6.45) is -0.00116. The molecule has 1 fully saturated rings. The van der Waals surface area contributed by atoms with Crippen molar-refractivity contribution in [1.82, 2.24) is 11.1 Å². The molecule has 0 amide bonds. The summed E-state index contributed by atoms with van der Waals surface area (Å²) >= 11 is 1.85. The molecule has 1 radical (unpaired) electrons. The van der Waals surface area contributed by atoms with Crippen molar-refractivity contribution in [3.05, 3.63) is 0 Å². The first-order chi connectivity index (χ1) is 3.39. The highest BCUT2D eigenvalue weighted by atomic mass is 32.2. The third kappa shape index (κ3) is 1.67. The lowest BCUT2D eigenvalue weighted by Crippen LogP contribution is -2.38. The zero-order chi connectivity index (χ0) is 5.11. The van der Waals surface area contributed by atoms with Crippen molar-refractivity contribution in [3.63, 3.8) is 0 Å². The Balaban J connectivity index is 2.12. The highest BCUT2D eigenvalue weighted by Gasteiger charge is 2.05. The van der Waals surface area contributed by atoms with Crippen LogP contribution >= 0.6 is 11.8 Å². The van der Waals surface area contributed by atoms with Gasteiger partial charge in [0, 0.05) is 18.1 Å². The summed E-state index contributed by atoms with van der Waals surface area (Å²) in [4.78, 5) is 0. The third-order valence-corrected chi connectivity index (χ3v) is 1.98. The van der Waals surface area contributed by atoms with Crippen LogP contribution in [0.3, 0.4) is 0 Å². The number of thioether (sulfide) groups is 1. The normalized spacial score (nSPS) is 33.0. The summed E-state index contributed by atoms with van der Waals surface area (Å²) in [6, 6.07) is 0. The van der Waals surface area contributed by atoms with E-state index in [0.29, 0.717) is 0 Å². The molecule has 1 aliphatic rings. The Morgan fingerprint density at radius 2 is 2.57 bits per heavy atom. The summed E-state index contributed by atoms with van der Waals surface area (Å²) in [5.41, 5.74) is 7.14. The molecule has 1 unspecified atom stereocenters. The molecule has 0 aromatic heterocycles. The highest BCUT2D eigenvalue weighted by Crippen LogP contribution is 2.03. The molecule has 1 saturated heterocycles. The van der Waals surface area contributed by atoms with E-state index in [4.69, 9.17) is 5.73 Å². The van der Waals surface area contributed by atoms with E-state index >= 15 is 0 Å². The van der Waals surface area contributed by atoms with Gasteiger partial charge in [0.05, 0.1) is 6.17 Å². The first-order valence-corrected chi connectivity index (χ1v) is 3.57. The van der Waals surface area contributed by atoms with Crippen LogP contribution in [0.2, 0.25) is 0 Å². The van der Waals surface area contributed by atoms with Crippen molar-refractivity contribution in [2.75, 3.05) is 18.1 Å². The first-order valence-electron chi connectivity index (χ1n) is 2.42. The van der Waals surface area contributed by atoms with Crippen molar-refractivity contribution in [1.29, 1.82) is 0 Å². The fourth-order valence-electron chi connectivity index (χ4n) is 0.565. The van der Waals surface area contributed by atoms with Crippen LogP contribution in [0.15, 0.2) is 0 Å². The average Bonchev–Trinajstić information content (AvgIpc) is 1.69. The van der Waals surface area contributed by atoms with E-state index in [1.807, 2.05) is 11.8 Å². The van der Waals surface area contributed by atoms with Gasteiger partial charge >= 0.3 is 0 Å². The topological polar surface area (TPSA) is 35.8 Å². The van der Waals surface area contributed by atoms with Crippen LogP contribution in [0, 0.1) is 0 Å². The van der Waals surface area contributed by atoms with E-state index in [9.17, 15) is 0 Å². The van der Waals surface area contributed by atoms with Gasteiger partial charge in [-0.3, -0.25) is 5.32 Å². The van der Waals surface area contributed by atoms with Gasteiger partial charge in [0.1, 0.15) is 0 Å². The van der Waals surface area contributed by atoms with Crippen LogP contribution in [0.4, 0.5) is 0 Å². The molecular formula is C4H9N2S. The third-order valence-electron chi connectivity index (χ3n) is 0.922. The molecule has 2 nitrogen and oxygen atoms in total. The maximum atomic E-state index is 7.14. The Morgan fingerprint density at radius 1 is 1.71 bits per heavy atom. The lowest BCUT2D eigenvalue weighted by molar-refractivity contribution is 0.571. The molecule has 41 valence electrons. The van der Waals surface area contributed by atoms with Crippen LogP contribution in [-0.2, 0) is 0 Å². The van der Waals surface area contributed by atoms with Crippen LogP contribution in [0.25, 0.3) is 0 Å². The number of nitrogens with one attached hydrogen (secondary N) is 2. The van der Waals surface area contributed by atoms with E-state index in [1.165, 1.54) is 5.75 Å². The molecule has 0 spiro atoms. The second-order valence-electron chi connectivity index (χ2n) is 1.58. The van der Waals surface area contributed by atoms with Crippen LogP contribution in [-0.4, -0.2) is 24.2 Å². The molecule has 1 aliphatic heterocycles. The standard InChI is InChI=1S/C4H9N2S/c5-4-3-7-2-1-6-4/h4-6H,1-3H2. The second-order valence-corrected chi connectivity index (χ2v) is 2.73. The maximum absolute atomic E-state index is 7.14. The van der Waals surface area contributed by atoms with E-state index in [1.54, 1.807) is 0 Å². The van der Waals surface area contributed by atoms with Crippen molar-refractivity contribution in [2.45, 2.75) is 6.17 Å². The minimum atomic E-state index is -0.00116. The molecule has 0 saturated carbocycles. The molecular weight excluding hydrogens is 108 g/mol. The Kier molecular flexibility index (Phi) is 1.97. The summed E-state index contributed by atoms with van der Waals surface area (Å²) < 4.78 is 0. The minimum absolute atomic E-state index is 0.00116. The fourth-order valence-corrected chi connectivity index (χ4v) is 1.35. The predicted octanol–water partition coefficient (Wildman–Crippen LogP) is -0.0682. The molecule has 0 aromatic carbocycles. The molecule has 0 bridgehead atoms. The zero-order valence-corrected chi connectivity index (χ0v) is 4.92. The Labute approximate surface area is 47.8 Å². The average molecular weight is 117 g/mol. The van der Waals surface area contributed by atoms with Crippen molar-refractivity contribution in [3.8, 4) is 0 Å². The Hall–Kier alpha value is 0.270. The molecule has 1 heterocycles. The smallest absolute Gasteiger partial charge is 0.0796 e. The monoisotopic (exact) mass is 117 g/mol. The second kappa shape index (κ2) is 2.55. The van der Waals surface area contributed by atoms with E-state index in [0.717, 1.165) is 12.3 Å². The molecule has 1 atom stereocenters. The van der Waals surface area contributed by atoms with Gasteiger partial charge in [-0.05, 0) is 0 Å². The minimum Gasteiger partial charge on any atom is -0.299 e. The van der Waals surface area contributed by atoms with E-state index < -0.39 is 0 Å². The predicted molar refractivity (Wildman–Crippen MR) is 32.2 cm³/mol. The van der Waals surface area contributed by atoms with Gasteiger partial charge in [0.25, 0.3) is 0 Å². The molecule has 0 aromatic rings. The van der Waals surface area contributed by atoms with Gasteiger partial charge in [-0.25, -0.2) is 5.73 Å². The van der Waals surface area contributed by atoms with Crippen molar-refractivity contribution in [2.24, 2.45) is 0 Å². The molecule has 7 heavy (non-hydrogen) atoms. The van der Waals surface area contributed by atoms with Crippen molar-refractivity contribution >= 4 is 11.8 Å². The number of hydrogen-bond acceptors (Lipinski definition) is 2. The lowest BCUT2D eigenvalue weighted by atomic mass is 10.5. The SMILES string of the molecule is [NH]C1CSCCN1. The van der Waals surface area contributed by atoms with Gasteiger partial charge in [-0.1, -0.05) is 0 Å². The lowest BCUT2D eigenvalue weighted by Gasteiger charge is -2.16. The van der Waals surface area contributed by atoms with Gasteiger partial charge < -0.3 is 0 Å². The summed E-state index contributed by atoms with van der Waals surface area (Å²) in [5, 5.41) is 3.03. The molecule has 0 aliphatic carbocycles. The van der Waals surface area contributed by atoms with Gasteiger partial charge in [-0.15, -0.1) is 0 Å². The first kappa shape index (κ1) is 5.41. The Bertz CT molecular complexity index is 51.7. The van der Waals surface area contributed by atoms with E-state index in [2.05, 4.69) is 5.32 Å². The van der Waals surface area contributed by atoms with Crippen LogP contribution in [0.1, 0.15) is 0 Å². The summed E-state index contributed by atoms with van der Waals surface area (Å²) in [7, 11) is 0. The van der Waals surface area contributed by atoms with Gasteiger partial charge in [-0.2, -0.15) is 11.8 Å². The van der Waals surface area contributed by atoms with Crippen LogP contribution in [0.5, 0.6) is 0 Å². The molecule has 1 rings (SSSR count). The van der Waals surface area contributed by atoms with Gasteiger partial charge in [0.15, 0.2) is 0 Å². The Morgan fingerprint density at radius 3 is 2.86 bits per heavy atom. The quantitative estimate of drug-likeness (QED) is 0.482. The highest BCUT2D eigenvalue weighted by molar-refractivity contribution is 7.99. The zero-order valence-electron chi connectivity index (χ0n) is 4.11. The number of rotatable bonds is 0. The number of hydrogen-bond donors (Lipinski definition) is 1. The largest absolute Gasteiger partial charge is 0.299 e. The van der Waals surface area contributed by atoms with Crippen LogP contribution < -0.4 is 11.1 Å². The van der Waals surface area contributed by atoms with Gasteiger partial charge in [0.2, 0.25) is 0 Å². The van der Waals surface area contributed by atoms with Crippen molar-refractivity contribution < 1.29 is 0 Å². The summed E-state index contributed by atoms with van der Waals surface area (Å²) in [6.45, 7) is 1.01. The van der Waals surface area contributed by atoms with E-state index in [-0.39, 0.29) is 6.17 Å². The molecule has 2 N–H and O–H groups in total. The maximum Gasteiger partial charge on any atom is 0.0796 e. The molecule has 3 heteroatoms. The summed E-state index contributed by atoms with van der Waals surface area (Å²) in [5.74, 6) is 2.13. The fraction of sp³-hybridized carbons (Fsp3) is 1.00.